The standard InChI is InChI=1S/C23H19ClN4O5S/c24-17-8-6-16(7-9-17)23-28-27-22(33-23)15-32-19-12-10-18(11-13-19)26-21(29)14-25-34(30,31)20-4-2-1-3-5-20/h1-13,25H,14-15H2,(H,26,29). The zero-order valence-corrected chi connectivity index (χ0v) is 19.2. The van der Waals surface area contributed by atoms with Crippen LogP contribution in [0.1, 0.15) is 5.89 Å². The summed E-state index contributed by atoms with van der Waals surface area (Å²) >= 11 is 5.88. The normalized spacial score (nSPS) is 11.2. The second-order valence-electron chi connectivity index (χ2n) is 7.01. The van der Waals surface area contributed by atoms with Crippen LogP contribution in [0.3, 0.4) is 0 Å². The quantitative estimate of drug-likeness (QED) is 0.359. The maximum atomic E-state index is 12.2. The average molecular weight is 499 g/mol. The topological polar surface area (TPSA) is 123 Å². The van der Waals surface area contributed by atoms with Gasteiger partial charge in [-0.05, 0) is 60.7 Å². The number of ether oxygens (including phenoxy) is 1. The number of halogens is 1. The molecule has 4 rings (SSSR count). The highest BCUT2D eigenvalue weighted by Crippen LogP contribution is 2.21. The van der Waals surface area contributed by atoms with Gasteiger partial charge in [-0.25, -0.2) is 13.1 Å². The molecule has 3 aromatic carbocycles. The Labute approximate surface area is 200 Å². The van der Waals surface area contributed by atoms with E-state index in [1.54, 1.807) is 66.7 Å². The lowest BCUT2D eigenvalue weighted by molar-refractivity contribution is -0.115. The van der Waals surface area contributed by atoms with Gasteiger partial charge in [0.2, 0.25) is 21.8 Å². The van der Waals surface area contributed by atoms with Gasteiger partial charge in [-0.15, -0.1) is 10.2 Å². The van der Waals surface area contributed by atoms with Crippen molar-refractivity contribution in [3.05, 3.63) is 89.8 Å². The van der Waals surface area contributed by atoms with Crippen molar-refractivity contribution in [1.82, 2.24) is 14.9 Å². The first-order valence-electron chi connectivity index (χ1n) is 10.0. The molecule has 0 spiro atoms. The Morgan fingerprint density at radius 1 is 0.941 bits per heavy atom. The molecule has 0 bridgehead atoms. The van der Waals surface area contributed by atoms with Crippen LogP contribution in [-0.4, -0.2) is 31.1 Å². The van der Waals surface area contributed by atoms with E-state index in [2.05, 4.69) is 20.2 Å². The summed E-state index contributed by atoms with van der Waals surface area (Å²) in [4.78, 5) is 12.2. The number of anilines is 1. The largest absolute Gasteiger partial charge is 0.484 e. The fourth-order valence-corrected chi connectivity index (χ4v) is 3.98. The van der Waals surface area contributed by atoms with Gasteiger partial charge in [-0.2, -0.15) is 0 Å². The Bertz CT molecular complexity index is 1360. The van der Waals surface area contributed by atoms with Crippen molar-refractivity contribution in [2.24, 2.45) is 0 Å². The van der Waals surface area contributed by atoms with Crippen molar-refractivity contribution in [3.63, 3.8) is 0 Å². The Kier molecular flexibility index (Phi) is 7.21. The SMILES string of the molecule is O=C(CNS(=O)(=O)c1ccccc1)Nc1ccc(OCc2nnc(-c3ccc(Cl)cc3)o2)cc1. The van der Waals surface area contributed by atoms with Gasteiger partial charge in [-0.3, -0.25) is 4.79 Å². The van der Waals surface area contributed by atoms with Crippen LogP contribution < -0.4 is 14.8 Å². The van der Waals surface area contributed by atoms with Crippen molar-refractivity contribution in [3.8, 4) is 17.2 Å². The lowest BCUT2D eigenvalue weighted by atomic mass is 10.2. The molecule has 0 unspecified atom stereocenters. The average Bonchev–Trinajstić information content (AvgIpc) is 3.32. The molecule has 1 amide bonds. The van der Waals surface area contributed by atoms with Crippen LogP contribution in [0.2, 0.25) is 5.02 Å². The molecule has 4 aromatic rings. The number of amides is 1. The third-order valence-electron chi connectivity index (χ3n) is 4.53. The van der Waals surface area contributed by atoms with Crippen LogP contribution in [0.25, 0.3) is 11.5 Å². The Morgan fingerprint density at radius 2 is 1.65 bits per heavy atom. The minimum atomic E-state index is -3.76. The third kappa shape index (κ3) is 6.19. The predicted octanol–water partition coefficient (Wildman–Crippen LogP) is 3.89. The number of sulfonamides is 1. The number of carbonyl (C=O) groups is 1. The Hall–Kier alpha value is -3.73. The maximum Gasteiger partial charge on any atom is 0.254 e. The van der Waals surface area contributed by atoms with E-state index < -0.39 is 22.5 Å². The van der Waals surface area contributed by atoms with E-state index in [0.717, 1.165) is 5.56 Å². The highest BCUT2D eigenvalue weighted by Gasteiger charge is 2.15. The van der Waals surface area contributed by atoms with Crippen molar-refractivity contribution < 1.29 is 22.4 Å². The van der Waals surface area contributed by atoms with Gasteiger partial charge < -0.3 is 14.5 Å². The molecular weight excluding hydrogens is 480 g/mol. The van der Waals surface area contributed by atoms with Gasteiger partial charge in [0.25, 0.3) is 5.89 Å². The lowest BCUT2D eigenvalue weighted by Crippen LogP contribution is -2.32. The van der Waals surface area contributed by atoms with Crippen molar-refractivity contribution in [1.29, 1.82) is 0 Å². The Balaban J connectivity index is 1.26. The van der Waals surface area contributed by atoms with Gasteiger partial charge in [0, 0.05) is 16.3 Å². The fourth-order valence-electron chi connectivity index (χ4n) is 2.85. The van der Waals surface area contributed by atoms with Gasteiger partial charge in [0.15, 0.2) is 6.61 Å². The second kappa shape index (κ2) is 10.5. The molecule has 0 saturated heterocycles. The monoisotopic (exact) mass is 498 g/mol. The smallest absolute Gasteiger partial charge is 0.254 e. The number of rotatable bonds is 9. The summed E-state index contributed by atoms with van der Waals surface area (Å²) in [7, 11) is -3.76. The molecule has 2 N–H and O–H groups in total. The molecule has 11 heteroatoms. The number of nitrogens with one attached hydrogen (secondary N) is 2. The minimum absolute atomic E-state index is 0.0631. The van der Waals surface area contributed by atoms with Crippen molar-refractivity contribution in [2.45, 2.75) is 11.5 Å². The van der Waals surface area contributed by atoms with Gasteiger partial charge in [0.05, 0.1) is 11.4 Å². The minimum Gasteiger partial charge on any atom is -0.484 e. The first-order chi connectivity index (χ1) is 16.4. The van der Waals surface area contributed by atoms with Crippen LogP contribution >= 0.6 is 11.6 Å². The van der Waals surface area contributed by atoms with Crippen LogP contribution in [0.4, 0.5) is 5.69 Å². The third-order valence-corrected chi connectivity index (χ3v) is 6.20. The highest BCUT2D eigenvalue weighted by molar-refractivity contribution is 7.89. The summed E-state index contributed by atoms with van der Waals surface area (Å²) < 4.78 is 37.9. The van der Waals surface area contributed by atoms with E-state index in [4.69, 9.17) is 20.8 Å². The molecule has 0 atom stereocenters. The zero-order chi connectivity index (χ0) is 24.0. The van der Waals surface area contributed by atoms with Gasteiger partial charge >= 0.3 is 0 Å². The second-order valence-corrected chi connectivity index (χ2v) is 9.21. The summed E-state index contributed by atoms with van der Waals surface area (Å²) in [5, 5.41) is 11.2. The first-order valence-corrected chi connectivity index (χ1v) is 11.9. The molecule has 0 aliphatic heterocycles. The molecule has 9 nitrogen and oxygen atoms in total. The predicted molar refractivity (Wildman–Crippen MR) is 126 cm³/mol. The maximum absolute atomic E-state index is 12.2. The molecule has 0 aliphatic carbocycles. The fraction of sp³-hybridized carbons (Fsp3) is 0.0870. The Morgan fingerprint density at radius 3 is 2.35 bits per heavy atom. The molecule has 0 fully saturated rings. The molecule has 0 saturated carbocycles. The van der Waals surface area contributed by atoms with E-state index in [1.807, 2.05) is 0 Å². The summed E-state index contributed by atoms with van der Waals surface area (Å²) in [6.45, 7) is -0.337. The van der Waals surface area contributed by atoms with Crippen LogP contribution in [-0.2, 0) is 21.4 Å². The van der Waals surface area contributed by atoms with Crippen molar-refractivity contribution >= 4 is 33.2 Å². The number of hydrogen-bond acceptors (Lipinski definition) is 7. The van der Waals surface area contributed by atoms with Crippen LogP contribution in [0, 0.1) is 0 Å². The molecular formula is C23H19ClN4O5S. The number of hydrogen-bond donors (Lipinski definition) is 2. The van der Waals surface area contributed by atoms with E-state index >= 15 is 0 Å². The van der Waals surface area contributed by atoms with Gasteiger partial charge in [0.1, 0.15) is 5.75 Å². The number of benzene rings is 3. The van der Waals surface area contributed by atoms with E-state index in [-0.39, 0.29) is 11.5 Å². The van der Waals surface area contributed by atoms with Gasteiger partial charge in [-0.1, -0.05) is 29.8 Å². The summed E-state index contributed by atoms with van der Waals surface area (Å²) in [6, 6.07) is 21.4. The van der Waals surface area contributed by atoms with E-state index in [1.165, 1.54) is 12.1 Å². The highest BCUT2D eigenvalue weighted by atomic mass is 35.5. The van der Waals surface area contributed by atoms with Crippen LogP contribution in [0.15, 0.2) is 88.2 Å². The number of carbonyl (C=O) groups excluding carboxylic acids is 1. The van der Waals surface area contributed by atoms with E-state index in [9.17, 15) is 13.2 Å². The molecule has 34 heavy (non-hydrogen) atoms. The van der Waals surface area contributed by atoms with Crippen LogP contribution in [0.5, 0.6) is 5.75 Å². The first kappa shape index (κ1) is 23.4. The number of nitrogens with zero attached hydrogens (tertiary/aromatic N) is 2. The van der Waals surface area contributed by atoms with E-state index in [0.29, 0.717) is 28.2 Å². The summed E-state index contributed by atoms with van der Waals surface area (Å²) in [5.74, 6) is 0.673. The zero-order valence-electron chi connectivity index (χ0n) is 17.6. The lowest BCUT2D eigenvalue weighted by Gasteiger charge is -2.09. The molecule has 1 aromatic heterocycles. The number of aromatic nitrogens is 2. The molecule has 0 aliphatic rings. The summed E-state index contributed by atoms with van der Waals surface area (Å²) in [5.41, 5.74) is 1.23. The van der Waals surface area contributed by atoms with Crippen molar-refractivity contribution in [2.75, 3.05) is 11.9 Å². The molecule has 1 heterocycles. The molecule has 174 valence electrons. The molecule has 0 radical (unpaired) electrons. The summed E-state index contributed by atoms with van der Waals surface area (Å²) in [6.07, 6.45) is 0.